The second kappa shape index (κ2) is 5.14. The van der Waals surface area contributed by atoms with Crippen LogP contribution in [0.25, 0.3) is 0 Å². The van der Waals surface area contributed by atoms with Gasteiger partial charge in [-0.2, -0.15) is 0 Å². The van der Waals surface area contributed by atoms with E-state index >= 15 is 0 Å². The molecule has 0 radical (unpaired) electrons. The van der Waals surface area contributed by atoms with Crippen LogP contribution in [0, 0.1) is 24.4 Å². The minimum absolute atomic E-state index is 0.124. The summed E-state index contributed by atoms with van der Waals surface area (Å²) in [5.41, 5.74) is 0.191. The number of hydrogen-bond donors (Lipinski definition) is 0. The Morgan fingerprint density at radius 2 is 1.63 bits per heavy atom. The first-order chi connectivity index (χ1) is 8.97. The molecular formula is C14H9F3O2. The summed E-state index contributed by atoms with van der Waals surface area (Å²) in [6.07, 6.45) is 0. The summed E-state index contributed by atoms with van der Waals surface area (Å²) < 4.78 is 43.6. The lowest BCUT2D eigenvalue weighted by Crippen LogP contribution is -2.09. The van der Waals surface area contributed by atoms with Gasteiger partial charge < -0.3 is 4.74 Å². The second-order valence-electron chi connectivity index (χ2n) is 3.93. The van der Waals surface area contributed by atoms with Crippen molar-refractivity contribution >= 4 is 5.97 Å². The van der Waals surface area contributed by atoms with Gasteiger partial charge in [0.1, 0.15) is 11.6 Å². The highest BCUT2D eigenvalue weighted by atomic mass is 19.2. The summed E-state index contributed by atoms with van der Waals surface area (Å²) in [4.78, 5) is 11.7. The van der Waals surface area contributed by atoms with Gasteiger partial charge in [-0.15, -0.1) is 0 Å². The Labute approximate surface area is 107 Å². The molecule has 0 atom stereocenters. The van der Waals surface area contributed by atoms with E-state index in [1.54, 1.807) is 0 Å². The monoisotopic (exact) mass is 266 g/mol. The fourth-order valence-electron chi connectivity index (χ4n) is 1.47. The normalized spacial score (nSPS) is 10.3. The number of hydrogen-bond acceptors (Lipinski definition) is 2. The average Bonchev–Trinajstić information content (AvgIpc) is 2.37. The van der Waals surface area contributed by atoms with Crippen LogP contribution in [-0.2, 0) is 0 Å². The number of rotatable bonds is 2. The van der Waals surface area contributed by atoms with Crippen molar-refractivity contribution in [2.24, 2.45) is 0 Å². The summed E-state index contributed by atoms with van der Waals surface area (Å²) in [7, 11) is 0. The third-order valence-corrected chi connectivity index (χ3v) is 2.50. The summed E-state index contributed by atoms with van der Waals surface area (Å²) in [6, 6.07) is 6.46. The number of carbonyl (C=O) groups is 1. The molecule has 19 heavy (non-hydrogen) atoms. The van der Waals surface area contributed by atoms with Crippen molar-refractivity contribution in [1.29, 1.82) is 0 Å². The van der Waals surface area contributed by atoms with Gasteiger partial charge in [-0.25, -0.2) is 18.0 Å². The molecule has 0 aliphatic rings. The van der Waals surface area contributed by atoms with Crippen LogP contribution in [-0.4, -0.2) is 5.97 Å². The van der Waals surface area contributed by atoms with Gasteiger partial charge in [0.2, 0.25) is 0 Å². The zero-order valence-corrected chi connectivity index (χ0v) is 9.91. The maximum absolute atomic E-state index is 13.0. The second-order valence-corrected chi connectivity index (χ2v) is 3.93. The third kappa shape index (κ3) is 2.93. The minimum Gasteiger partial charge on any atom is -0.423 e. The van der Waals surface area contributed by atoms with Crippen LogP contribution in [0.4, 0.5) is 13.2 Å². The predicted octanol–water partition coefficient (Wildman–Crippen LogP) is 3.63. The summed E-state index contributed by atoms with van der Waals surface area (Å²) >= 11 is 0. The Morgan fingerprint density at radius 3 is 2.26 bits per heavy atom. The fraction of sp³-hybridized carbons (Fsp3) is 0.0714. The lowest BCUT2D eigenvalue weighted by Gasteiger charge is -2.06. The Hall–Kier alpha value is -2.30. The quantitative estimate of drug-likeness (QED) is 0.613. The van der Waals surface area contributed by atoms with Crippen LogP contribution in [0.3, 0.4) is 0 Å². The van der Waals surface area contributed by atoms with E-state index in [9.17, 15) is 18.0 Å². The molecule has 0 aromatic heterocycles. The molecule has 0 bridgehead atoms. The molecule has 98 valence electrons. The van der Waals surface area contributed by atoms with Gasteiger partial charge in [0.05, 0.1) is 5.56 Å². The van der Waals surface area contributed by atoms with E-state index in [-0.39, 0.29) is 11.3 Å². The molecule has 0 saturated carbocycles. The topological polar surface area (TPSA) is 26.3 Å². The molecule has 0 N–H and O–H groups in total. The summed E-state index contributed by atoms with van der Waals surface area (Å²) in [6.45, 7) is 1.52. The molecule has 5 heteroatoms. The minimum atomic E-state index is -1.13. The highest BCUT2D eigenvalue weighted by Gasteiger charge is 2.12. The summed E-state index contributed by atoms with van der Waals surface area (Å²) in [5, 5.41) is 0. The van der Waals surface area contributed by atoms with Crippen molar-refractivity contribution in [1.82, 2.24) is 0 Å². The van der Waals surface area contributed by atoms with Crippen LogP contribution in [0.15, 0.2) is 36.4 Å². The highest BCUT2D eigenvalue weighted by Crippen LogP contribution is 2.18. The number of benzene rings is 2. The molecule has 0 aliphatic heterocycles. The van der Waals surface area contributed by atoms with Gasteiger partial charge in [-0.1, -0.05) is 0 Å². The number of carbonyl (C=O) groups excluding carboxylic acids is 1. The summed E-state index contributed by atoms with van der Waals surface area (Å²) in [5.74, 6) is -3.31. The maximum atomic E-state index is 13.0. The number of ether oxygens (including phenoxy) is 1. The molecule has 2 nitrogen and oxygen atoms in total. The van der Waals surface area contributed by atoms with Crippen molar-refractivity contribution in [3.05, 3.63) is 65.0 Å². The van der Waals surface area contributed by atoms with Crippen LogP contribution in [0.2, 0.25) is 0 Å². The van der Waals surface area contributed by atoms with Crippen molar-refractivity contribution in [3.8, 4) is 5.75 Å². The molecule has 2 rings (SSSR count). The zero-order valence-electron chi connectivity index (χ0n) is 9.91. The van der Waals surface area contributed by atoms with Crippen LogP contribution >= 0.6 is 0 Å². The molecule has 2 aromatic rings. The average molecular weight is 266 g/mol. The highest BCUT2D eigenvalue weighted by molar-refractivity contribution is 5.91. The number of halogens is 3. The SMILES string of the molecule is Cc1cc(OC(=O)c2ccc(F)c(F)c2)ccc1F. The van der Waals surface area contributed by atoms with Gasteiger partial charge in [0, 0.05) is 0 Å². The van der Waals surface area contributed by atoms with Crippen molar-refractivity contribution in [3.63, 3.8) is 0 Å². The van der Waals surface area contributed by atoms with E-state index in [1.807, 2.05) is 0 Å². The molecule has 0 heterocycles. The Morgan fingerprint density at radius 1 is 0.947 bits per heavy atom. The largest absolute Gasteiger partial charge is 0.423 e. The van der Waals surface area contributed by atoms with E-state index in [2.05, 4.69) is 0 Å². The van der Waals surface area contributed by atoms with Gasteiger partial charge in [0.15, 0.2) is 11.6 Å². The Bertz CT molecular complexity index is 639. The maximum Gasteiger partial charge on any atom is 0.343 e. The van der Waals surface area contributed by atoms with Crippen LogP contribution < -0.4 is 4.74 Å². The van der Waals surface area contributed by atoms with Crippen molar-refractivity contribution < 1.29 is 22.7 Å². The van der Waals surface area contributed by atoms with E-state index in [0.29, 0.717) is 5.56 Å². The van der Waals surface area contributed by atoms with Crippen molar-refractivity contribution in [2.75, 3.05) is 0 Å². The number of aryl methyl sites for hydroxylation is 1. The first kappa shape index (κ1) is 13.1. The van der Waals surface area contributed by atoms with E-state index < -0.39 is 23.4 Å². The standard InChI is InChI=1S/C14H9F3O2/c1-8-6-10(3-5-11(8)15)19-14(18)9-2-4-12(16)13(17)7-9/h2-7H,1H3. The Kier molecular flexibility index (Phi) is 3.55. The molecular weight excluding hydrogens is 257 g/mol. The smallest absolute Gasteiger partial charge is 0.343 e. The van der Waals surface area contributed by atoms with Crippen molar-refractivity contribution in [2.45, 2.75) is 6.92 Å². The number of esters is 1. The molecule has 0 amide bonds. The first-order valence-electron chi connectivity index (χ1n) is 5.41. The first-order valence-corrected chi connectivity index (χ1v) is 5.41. The predicted molar refractivity (Wildman–Crippen MR) is 62.5 cm³/mol. The lowest BCUT2D eigenvalue weighted by molar-refractivity contribution is 0.0734. The van der Waals surface area contributed by atoms with E-state index in [4.69, 9.17) is 4.74 Å². The van der Waals surface area contributed by atoms with Gasteiger partial charge in [-0.05, 0) is 48.9 Å². The molecule has 0 fully saturated rings. The molecule has 0 saturated heterocycles. The molecule has 0 spiro atoms. The third-order valence-electron chi connectivity index (χ3n) is 2.50. The van der Waals surface area contributed by atoms with Crippen LogP contribution in [0.1, 0.15) is 15.9 Å². The zero-order chi connectivity index (χ0) is 14.0. The van der Waals surface area contributed by atoms with Gasteiger partial charge in [-0.3, -0.25) is 0 Å². The van der Waals surface area contributed by atoms with E-state index in [1.165, 1.54) is 19.1 Å². The molecule has 2 aromatic carbocycles. The lowest BCUT2D eigenvalue weighted by atomic mass is 10.2. The fourth-order valence-corrected chi connectivity index (χ4v) is 1.47. The van der Waals surface area contributed by atoms with Gasteiger partial charge in [0.25, 0.3) is 0 Å². The Balaban J connectivity index is 2.20. The van der Waals surface area contributed by atoms with E-state index in [0.717, 1.165) is 24.3 Å². The molecule has 0 unspecified atom stereocenters. The van der Waals surface area contributed by atoms with Crippen LogP contribution in [0.5, 0.6) is 5.75 Å². The molecule has 0 aliphatic carbocycles. The van der Waals surface area contributed by atoms with Gasteiger partial charge >= 0.3 is 5.97 Å².